The van der Waals surface area contributed by atoms with Crippen LogP contribution < -0.4 is 10.6 Å². The van der Waals surface area contributed by atoms with Crippen LogP contribution in [-0.2, 0) is 13.5 Å². The summed E-state index contributed by atoms with van der Waals surface area (Å²) in [5.41, 5.74) is 0.677. The number of anilines is 1. The van der Waals surface area contributed by atoms with Crippen LogP contribution in [0.1, 0.15) is 26.6 Å². The highest BCUT2D eigenvalue weighted by molar-refractivity contribution is 6.02. The Hall–Kier alpha value is -3.42. The number of hydrogen-bond acceptors (Lipinski definition) is 4. The molecule has 0 bridgehead atoms. The molecule has 2 aromatic heterocycles. The van der Waals surface area contributed by atoms with Crippen LogP contribution in [0.3, 0.4) is 0 Å². The molecule has 26 heavy (non-hydrogen) atoms. The topological polar surface area (TPSA) is 89.2 Å². The Labute approximate surface area is 148 Å². The number of carbonyl (C=O) groups is 2. The molecular formula is C18H17FN4O3. The summed E-state index contributed by atoms with van der Waals surface area (Å²) in [7, 11) is 1.61. The Morgan fingerprint density at radius 2 is 2.00 bits per heavy atom. The Bertz CT molecular complexity index is 918. The molecule has 2 amide bonds. The summed E-state index contributed by atoms with van der Waals surface area (Å²) >= 11 is 0. The lowest BCUT2D eigenvalue weighted by Gasteiger charge is -2.04. The molecule has 2 heterocycles. The Balaban J connectivity index is 1.58. The molecule has 1 aromatic carbocycles. The third-order valence-corrected chi connectivity index (χ3v) is 3.74. The number of nitrogens with zero attached hydrogens (tertiary/aromatic N) is 2. The number of furan rings is 1. The van der Waals surface area contributed by atoms with Gasteiger partial charge in [-0.2, -0.15) is 5.10 Å². The van der Waals surface area contributed by atoms with Crippen molar-refractivity contribution < 1.29 is 18.4 Å². The van der Waals surface area contributed by atoms with Gasteiger partial charge in [0, 0.05) is 19.7 Å². The SMILES string of the molecule is Cn1nc(C(=O)NCCc2ccccc2F)cc1NC(=O)c1ccco1. The highest BCUT2D eigenvalue weighted by Gasteiger charge is 2.16. The van der Waals surface area contributed by atoms with Crippen molar-refractivity contribution in [3.63, 3.8) is 0 Å². The van der Waals surface area contributed by atoms with Gasteiger partial charge in [-0.25, -0.2) is 4.39 Å². The standard InChI is InChI=1S/C18H17FN4O3/c1-23-16(21-18(25)15-7-4-10-26-15)11-14(22-23)17(24)20-9-8-12-5-2-3-6-13(12)19/h2-7,10-11H,8-9H2,1H3,(H,20,24)(H,21,25). The molecule has 7 nitrogen and oxygen atoms in total. The number of nitrogens with one attached hydrogen (secondary N) is 2. The molecule has 2 N–H and O–H groups in total. The van der Waals surface area contributed by atoms with Crippen molar-refractivity contribution in [1.29, 1.82) is 0 Å². The zero-order chi connectivity index (χ0) is 18.5. The molecule has 134 valence electrons. The molecule has 0 saturated carbocycles. The molecule has 8 heteroatoms. The van der Waals surface area contributed by atoms with Gasteiger partial charge in [0.2, 0.25) is 0 Å². The molecule has 0 fully saturated rings. The minimum Gasteiger partial charge on any atom is -0.459 e. The first kappa shape index (κ1) is 17.4. The zero-order valence-corrected chi connectivity index (χ0v) is 14.0. The molecule has 0 aliphatic heterocycles. The van der Waals surface area contributed by atoms with E-state index >= 15 is 0 Å². The lowest BCUT2D eigenvalue weighted by molar-refractivity contribution is 0.0947. The number of rotatable bonds is 6. The third kappa shape index (κ3) is 3.97. The summed E-state index contributed by atoms with van der Waals surface area (Å²) in [6.45, 7) is 0.268. The number of benzene rings is 1. The van der Waals surface area contributed by atoms with Crippen LogP contribution >= 0.6 is 0 Å². The van der Waals surface area contributed by atoms with Crippen molar-refractivity contribution in [3.05, 3.63) is 71.6 Å². The quantitative estimate of drug-likeness (QED) is 0.710. The molecule has 0 saturated heterocycles. The number of hydrogen-bond donors (Lipinski definition) is 2. The molecule has 0 spiro atoms. The van der Waals surface area contributed by atoms with Gasteiger partial charge >= 0.3 is 0 Å². The number of carbonyl (C=O) groups excluding carboxylic acids is 2. The fourth-order valence-corrected chi connectivity index (χ4v) is 2.38. The monoisotopic (exact) mass is 356 g/mol. The van der Waals surface area contributed by atoms with Gasteiger partial charge in [-0.3, -0.25) is 14.3 Å². The number of halogens is 1. The fraction of sp³-hybridized carbons (Fsp3) is 0.167. The van der Waals surface area contributed by atoms with Crippen LogP contribution in [0.4, 0.5) is 10.2 Å². The second-order valence-corrected chi connectivity index (χ2v) is 5.57. The van der Waals surface area contributed by atoms with Crippen LogP contribution in [0.25, 0.3) is 0 Å². The van der Waals surface area contributed by atoms with Crippen molar-refractivity contribution >= 4 is 17.6 Å². The second kappa shape index (κ2) is 7.64. The molecule has 0 radical (unpaired) electrons. The summed E-state index contributed by atoms with van der Waals surface area (Å²) in [5, 5.41) is 9.37. The summed E-state index contributed by atoms with van der Waals surface area (Å²) in [4.78, 5) is 24.2. The number of amides is 2. The van der Waals surface area contributed by atoms with Gasteiger partial charge in [0.05, 0.1) is 6.26 Å². The largest absolute Gasteiger partial charge is 0.459 e. The van der Waals surface area contributed by atoms with Crippen molar-refractivity contribution in [2.45, 2.75) is 6.42 Å². The highest BCUT2D eigenvalue weighted by Crippen LogP contribution is 2.12. The molecule has 0 unspecified atom stereocenters. The Morgan fingerprint density at radius 3 is 2.73 bits per heavy atom. The highest BCUT2D eigenvalue weighted by atomic mass is 19.1. The maximum absolute atomic E-state index is 13.6. The summed E-state index contributed by atoms with van der Waals surface area (Å²) in [5.74, 6) is -0.643. The van der Waals surface area contributed by atoms with E-state index in [4.69, 9.17) is 4.42 Å². The summed E-state index contributed by atoms with van der Waals surface area (Å²) in [6, 6.07) is 11.0. The van der Waals surface area contributed by atoms with Gasteiger partial charge in [0.15, 0.2) is 11.5 Å². The zero-order valence-electron chi connectivity index (χ0n) is 14.0. The predicted octanol–water partition coefficient (Wildman–Crippen LogP) is 2.38. The average molecular weight is 356 g/mol. The van der Waals surface area contributed by atoms with Crippen LogP contribution in [0.15, 0.2) is 53.1 Å². The van der Waals surface area contributed by atoms with Crippen molar-refractivity contribution in [1.82, 2.24) is 15.1 Å². The average Bonchev–Trinajstić information content (AvgIpc) is 3.27. The predicted molar refractivity (Wildman–Crippen MR) is 92.3 cm³/mol. The number of aryl methyl sites for hydroxylation is 1. The molecule has 0 atom stereocenters. The maximum Gasteiger partial charge on any atom is 0.292 e. The van der Waals surface area contributed by atoms with E-state index in [-0.39, 0.29) is 23.8 Å². The summed E-state index contributed by atoms with van der Waals surface area (Å²) in [6.07, 6.45) is 1.76. The van der Waals surface area contributed by atoms with E-state index in [0.29, 0.717) is 17.8 Å². The van der Waals surface area contributed by atoms with Gasteiger partial charge in [-0.05, 0) is 30.2 Å². The van der Waals surface area contributed by atoms with E-state index in [1.807, 2.05) is 0 Å². The lowest BCUT2D eigenvalue weighted by atomic mass is 10.1. The first-order chi connectivity index (χ1) is 12.5. The molecule has 3 aromatic rings. The van der Waals surface area contributed by atoms with Gasteiger partial charge < -0.3 is 15.1 Å². The minimum atomic E-state index is -0.440. The van der Waals surface area contributed by atoms with Gasteiger partial charge in [0.25, 0.3) is 11.8 Å². The third-order valence-electron chi connectivity index (χ3n) is 3.74. The van der Waals surface area contributed by atoms with Crippen molar-refractivity contribution in [2.24, 2.45) is 7.05 Å². The van der Waals surface area contributed by atoms with Crippen LogP contribution in [0.2, 0.25) is 0 Å². The first-order valence-corrected chi connectivity index (χ1v) is 7.95. The van der Waals surface area contributed by atoms with E-state index in [1.165, 1.54) is 29.1 Å². The fourth-order valence-electron chi connectivity index (χ4n) is 2.38. The summed E-state index contributed by atoms with van der Waals surface area (Å²) < 4.78 is 20.0. The van der Waals surface area contributed by atoms with E-state index in [2.05, 4.69) is 15.7 Å². The Morgan fingerprint density at radius 1 is 1.19 bits per heavy atom. The van der Waals surface area contributed by atoms with Gasteiger partial charge in [-0.1, -0.05) is 18.2 Å². The van der Waals surface area contributed by atoms with E-state index in [9.17, 15) is 14.0 Å². The van der Waals surface area contributed by atoms with Crippen LogP contribution in [0.5, 0.6) is 0 Å². The molecule has 3 rings (SSSR count). The normalized spacial score (nSPS) is 10.5. The van der Waals surface area contributed by atoms with Crippen LogP contribution in [0, 0.1) is 5.82 Å². The van der Waals surface area contributed by atoms with Crippen molar-refractivity contribution in [2.75, 3.05) is 11.9 Å². The van der Waals surface area contributed by atoms with Crippen LogP contribution in [-0.4, -0.2) is 28.1 Å². The Kier molecular flexibility index (Phi) is 5.12. The minimum absolute atomic E-state index is 0.149. The second-order valence-electron chi connectivity index (χ2n) is 5.57. The molecule has 0 aliphatic rings. The molecule has 0 aliphatic carbocycles. The van der Waals surface area contributed by atoms with E-state index < -0.39 is 11.8 Å². The van der Waals surface area contributed by atoms with E-state index in [0.717, 1.165) is 0 Å². The molecular weight excluding hydrogens is 339 g/mol. The lowest BCUT2D eigenvalue weighted by Crippen LogP contribution is -2.26. The van der Waals surface area contributed by atoms with E-state index in [1.54, 1.807) is 31.3 Å². The maximum atomic E-state index is 13.6. The number of aromatic nitrogens is 2. The first-order valence-electron chi connectivity index (χ1n) is 7.95. The van der Waals surface area contributed by atoms with Gasteiger partial charge in [-0.15, -0.1) is 0 Å². The van der Waals surface area contributed by atoms with Crippen molar-refractivity contribution in [3.8, 4) is 0 Å². The smallest absolute Gasteiger partial charge is 0.292 e. The van der Waals surface area contributed by atoms with Gasteiger partial charge in [0.1, 0.15) is 11.6 Å².